The Morgan fingerprint density at radius 1 is 1.07 bits per heavy atom. The third-order valence-electron chi connectivity index (χ3n) is 5.23. The maximum Gasteiger partial charge on any atom is 0.253 e. The molecule has 0 radical (unpaired) electrons. The van der Waals surface area contributed by atoms with Gasteiger partial charge in [0.2, 0.25) is 5.91 Å². The molecule has 3 rings (SSSR count). The van der Waals surface area contributed by atoms with Gasteiger partial charge in [-0.2, -0.15) is 0 Å². The van der Waals surface area contributed by atoms with E-state index in [0.717, 1.165) is 28.7 Å². The molecule has 0 heterocycles. The van der Waals surface area contributed by atoms with Crippen LogP contribution in [0.1, 0.15) is 46.0 Å². The van der Waals surface area contributed by atoms with Gasteiger partial charge in [-0.05, 0) is 42.2 Å². The van der Waals surface area contributed by atoms with E-state index < -0.39 is 0 Å². The Morgan fingerprint density at radius 3 is 2.41 bits per heavy atom. The Bertz CT molecular complexity index is 887. The quantitative estimate of drug-likeness (QED) is 0.887. The summed E-state index contributed by atoms with van der Waals surface area (Å²) in [4.78, 5) is 37.5. The maximum atomic E-state index is 12.6. The van der Waals surface area contributed by atoms with Crippen molar-refractivity contribution in [1.29, 1.82) is 0 Å². The van der Waals surface area contributed by atoms with Crippen LogP contribution in [0, 0.1) is 0 Å². The molecule has 0 saturated carbocycles. The van der Waals surface area contributed by atoms with Gasteiger partial charge in [-0.1, -0.05) is 30.3 Å². The van der Waals surface area contributed by atoms with Crippen molar-refractivity contribution in [2.24, 2.45) is 0 Å². The number of nitrogens with one attached hydrogen (secondary N) is 1. The van der Waals surface area contributed by atoms with E-state index in [1.54, 1.807) is 31.1 Å². The van der Waals surface area contributed by atoms with Crippen molar-refractivity contribution in [3.8, 4) is 11.1 Å². The molecule has 0 saturated heterocycles. The van der Waals surface area contributed by atoms with Crippen molar-refractivity contribution in [2.45, 2.75) is 32.2 Å². The number of Topliss-reactive ketones (excluding diaryl/α,β-unsaturated/α-hetero) is 1. The highest BCUT2D eigenvalue weighted by Crippen LogP contribution is 2.28. The molecule has 1 atom stereocenters. The number of rotatable bonds is 5. The molecule has 2 amide bonds. The van der Waals surface area contributed by atoms with Crippen molar-refractivity contribution < 1.29 is 14.4 Å². The number of hydrogen-bond donors (Lipinski definition) is 1. The van der Waals surface area contributed by atoms with Gasteiger partial charge in [0.1, 0.15) is 0 Å². The predicted octanol–water partition coefficient (Wildman–Crippen LogP) is 3.08. The minimum absolute atomic E-state index is 0.0902. The van der Waals surface area contributed by atoms with Crippen molar-refractivity contribution >= 4 is 17.6 Å². The third-order valence-corrected chi connectivity index (χ3v) is 5.23. The second-order valence-electron chi connectivity index (χ2n) is 7.01. The molecule has 1 unspecified atom stereocenters. The molecule has 0 bridgehead atoms. The molecule has 1 N–H and O–H groups in total. The molecular weight excluding hydrogens is 340 g/mol. The molecule has 1 aliphatic carbocycles. The Morgan fingerprint density at radius 2 is 1.74 bits per heavy atom. The van der Waals surface area contributed by atoms with Crippen LogP contribution in [-0.2, 0) is 11.2 Å². The number of carbonyl (C=O) groups excluding carboxylic acids is 3. The Hall–Kier alpha value is -2.95. The van der Waals surface area contributed by atoms with Gasteiger partial charge in [0, 0.05) is 44.1 Å². The van der Waals surface area contributed by atoms with Gasteiger partial charge in [0.05, 0.1) is 0 Å². The first-order chi connectivity index (χ1) is 12.9. The summed E-state index contributed by atoms with van der Waals surface area (Å²) in [6, 6.07) is 13.2. The lowest BCUT2D eigenvalue weighted by atomic mass is 9.99. The summed E-state index contributed by atoms with van der Waals surface area (Å²) in [6.45, 7) is 1.85. The fourth-order valence-corrected chi connectivity index (χ4v) is 3.35. The van der Waals surface area contributed by atoms with Crippen LogP contribution in [0.3, 0.4) is 0 Å². The maximum absolute atomic E-state index is 12.6. The minimum Gasteiger partial charge on any atom is -0.359 e. The Kier molecular flexibility index (Phi) is 5.40. The van der Waals surface area contributed by atoms with Gasteiger partial charge in [-0.15, -0.1) is 0 Å². The lowest BCUT2D eigenvalue weighted by molar-refractivity contribution is -0.121. The van der Waals surface area contributed by atoms with E-state index in [1.165, 1.54) is 0 Å². The average molecular weight is 364 g/mol. The van der Waals surface area contributed by atoms with Crippen LogP contribution < -0.4 is 5.32 Å². The zero-order valence-electron chi connectivity index (χ0n) is 15.9. The predicted molar refractivity (Wildman–Crippen MR) is 105 cm³/mol. The first-order valence-corrected chi connectivity index (χ1v) is 9.15. The zero-order valence-corrected chi connectivity index (χ0v) is 15.9. The number of amides is 2. The van der Waals surface area contributed by atoms with Gasteiger partial charge in [-0.3, -0.25) is 14.4 Å². The van der Waals surface area contributed by atoms with Gasteiger partial charge >= 0.3 is 0 Å². The van der Waals surface area contributed by atoms with Crippen LogP contribution in [0.4, 0.5) is 0 Å². The molecule has 5 heteroatoms. The van der Waals surface area contributed by atoms with Crippen LogP contribution >= 0.6 is 0 Å². The first-order valence-electron chi connectivity index (χ1n) is 9.15. The standard InChI is InChI=1S/C22H24N2O3/c1-14(12-21(26)23-2)24(3)22(27)16-6-4-15(5-7-16)17-8-10-19-18(13-17)9-11-20(19)25/h4-8,10,13-14H,9,11-12H2,1-3H3,(H,23,26). The summed E-state index contributed by atoms with van der Waals surface area (Å²) in [5.74, 6) is 0.0106. The normalized spacial score (nSPS) is 13.8. The van der Waals surface area contributed by atoms with E-state index in [0.29, 0.717) is 12.0 Å². The van der Waals surface area contributed by atoms with Crippen LogP contribution in [0.15, 0.2) is 42.5 Å². The largest absolute Gasteiger partial charge is 0.359 e. The van der Waals surface area contributed by atoms with Gasteiger partial charge in [0.25, 0.3) is 5.91 Å². The fourth-order valence-electron chi connectivity index (χ4n) is 3.35. The summed E-state index contributed by atoms with van der Waals surface area (Å²) < 4.78 is 0. The van der Waals surface area contributed by atoms with Gasteiger partial charge < -0.3 is 10.2 Å². The van der Waals surface area contributed by atoms with E-state index in [2.05, 4.69) is 11.4 Å². The molecular formula is C22H24N2O3. The zero-order chi connectivity index (χ0) is 19.6. The fraction of sp³-hybridized carbons (Fsp3) is 0.318. The van der Waals surface area contributed by atoms with E-state index in [-0.39, 0.29) is 30.1 Å². The Balaban J connectivity index is 1.74. The van der Waals surface area contributed by atoms with E-state index in [1.807, 2.05) is 31.2 Å². The van der Waals surface area contributed by atoms with E-state index in [9.17, 15) is 14.4 Å². The highest BCUT2D eigenvalue weighted by Gasteiger charge is 2.21. The van der Waals surface area contributed by atoms with Gasteiger partial charge in [0.15, 0.2) is 5.78 Å². The van der Waals surface area contributed by atoms with Crippen molar-refractivity contribution in [3.05, 3.63) is 59.2 Å². The number of ketones is 1. The highest BCUT2D eigenvalue weighted by atomic mass is 16.2. The lowest BCUT2D eigenvalue weighted by Crippen LogP contribution is -2.38. The second kappa shape index (κ2) is 7.74. The number of benzene rings is 2. The topological polar surface area (TPSA) is 66.5 Å². The molecule has 0 spiro atoms. The smallest absolute Gasteiger partial charge is 0.253 e. The summed E-state index contributed by atoms with van der Waals surface area (Å²) >= 11 is 0. The van der Waals surface area contributed by atoms with Crippen LogP contribution in [-0.4, -0.2) is 42.6 Å². The summed E-state index contributed by atoms with van der Waals surface area (Å²) in [5.41, 5.74) is 4.57. The monoisotopic (exact) mass is 364 g/mol. The van der Waals surface area contributed by atoms with Crippen LogP contribution in [0.5, 0.6) is 0 Å². The lowest BCUT2D eigenvalue weighted by Gasteiger charge is -2.24. The molecule has 5 nitrogen and oxygen atoms in total. The van der Waals surface area contributed by atoms with Gasteiger partial charge in [-0.25, -0.2) is 0 Å². The molecule has 0 aliphatic heterocycles. The van der Waals surface area contributed by atoms with Crippen molar-refractivity contribution in [1.82, 2.24) is 10.2 Å². The number of hydrogen-bond acceptors (Lipinski definition) is 3. The second-order valence-corrected chi connectivity index (χ2v) is 7.01. The molecule has 0 fully saturated rings. The summed E-state index contributed by atoms with van der Waals surface area (Å²) in [6.07, 6.45) is 1.66. The third kappa shape index (κ3) is 3.92. The SMILES string of the molecule is CNC(=O)CC(C)N(C)C(=O)c1ccc(-c2ccc3c(c2)CCC3=O)cc1. The summed E-state index contributed by atoms with van der Waals surface area (Å²) in [5, 5.41) is 2.58. The molecule has 1 aliphatic rings. The van der Waals surface area contributed by atoms with Crippen LogP contribution in [0.25, 0.3) is 11.1 Å². The highest BCUT2D eigenvalue weighted by molar-refractivity contribution is 6.01. The van der Waals surface area contributed by atoms with Crippen molar-refractivity contribution in [3.63, 3.8) is 0 Å². The number of fused-ring (bicyclic) bond motifs is 1. The molecule has 140 valence electrons. The van der Waals surface area contributed by atoms with Crippen LogP contribution in [0.2, 0.25) is 0 Å². The number of carbonyl (C=O) groups is 3. The molecule has 2 aromatic rings. The molecule has 0 aromatic heterocycles. The minimum atomic E-state index is -0.189. The van der Waals surface area contributed by atoms with Crippen molar-refractivity contribution in [2.75, 3.05) is 14.1 Å². The average Bonchev–Trinajstić information content (AvgIpc) is 3.07. The summed E-state index contributed by atoms with van der Waals surface area (Å²) in [7, 11) is 3.30. The molecule has 2 aromatic carbocycles. The Labute approximate surface area is 159 Å². The first kappa shape index (κ1) is 18.8. The van der Waals surface area contributed by atoms with E-state index in [4.69, 9.17) is 0 Å². The number of aryl methyl sites for hydroxylation is 1. The number of nitrogens with zero attached hydrogens (tertiary/aromatic N) is 1. The molecule has 27 heavy (non-hydrogen) atoms. The van der Waals surface area contributed by atoms with E-state index >= 15 is 0 Å².